The van der Waals surface area contributed by atoms with Crippen LogP contribution in [0, 0.1) is 0 Å². The molecule has 1 aliphatic rings. The summed E-state index contributed by atoms with van der Waals surface area (Å²) in [4.78, 5) is 16.0. The van der Waals surface area contributed by atoms with Crippen molar-refractivity contribution >= 4 is 40.6 Å². The summed E-state index contributed by atoms with van der Waals surface area (Å²) in [7, 11) is 0. The predicted octanol–water partition coefficient (Wildman–Crippen LogP) is 4.41. The summed E-state index contributed by atoms with van der Waals surface area (Å²) >= 11 is 7.53. The molecule has 0 spiro atoms. The van der Waals surface area contributed by atoms with Crippen LogP contribution in [0.1, 0.15) is 32.1 Å². The van der Waals surface area contributed by atoms with Gasteiger partial charge in [-0.3, -0.25) is 9.62 Å². The molecule has 0 saturated heterocycles. The SMILES string of the molecule is O=C(Nc1ccc(Br)cn1)N(S)CCC1=CCCCC1. The van der Waals surface area contributed by atoms with E-state index in [-0.39, 0.29) is 6.03 Å². The van der Waals surface area contributed by atoms with Gasteiger partial charge in [0.25, 0.3) is 0 Å². The maximum atomic E-state index is 11.9. The fraction of sp³-hybridized carbons (Fsp3) is 0.429. The molecule has 0 fully saturated rings. The van der Waals surface area contributed by atoms with Crippen molar-refractivity contribution in [2.45, 2.75) is 32.1 Å². The fourth-order valence-electron chi connectivity index (χ4n) is 2.11. The van der Waals surface area contributed by atoms with Crippen molar-refractivity contribution in [1.82, 2.24) is 9.29 Å². The summed E-state index contributed by atoms with van der Waals surface area (Å²) in [5.41, 5.74) is 1.44. The molecular formula is C14H18BrN3OS. The molecule has 1 heterocycles. The van der Waals surface area contributed by atoms with Crippen LogP contribution in [-0.2, 0) is 0 Å². The number of aromatic nitrogens is 1. The van der Waals surface area contributed by atoms with Crippen molar-refractivity contribution in [1.29, 1.82) is 0 Å². The molecule has 20 heavy (non-hydrogen) atoms. The number of carbonyl (C=O) groups excluding carboxylic acids is 1. The van der Waals surface area contributed by atoms with Gasteiger partial charge in [0, 0.05) is 17.2 Å². The van der Waals surface area contributed by atoms with Gasteiger partial charge in [0.05, 0.1) is 0 Å². The highest BCUT2D eigenvalue weighted by atomic mass is 79.9. The molecule has 2 rings (SSSR count). The summed E-state index contributed by atoms with van der Waals surface area (Å²) in [5.74, 6) is 0.522. The summed E-state index contributed by atoms with van der Waals surface area (Å²) in [6.45, 7) is 0.608. The van der Waals surface area contributed by atoms with Crippen LogP contribution in [0.25, 0.3) is 0 Å². The number of urea groups is 1. The zero-order valence-corrected chi connectivity index (χ0v) is 13.7. The number of anilines is 1. The van der Waals surface area contributed by atoms with Crippen molar-refractivity contribution in [3.8, 4) is 0 Å². The second-order valence-electron chi connectivity index (χ2n) is 4.77. The van der Waals surface area contributed by atoms with Crippen LogP contribution < -0.4 is 5.32 Å². The summed E-state index contributed by atoms with van der Waals surface area (Å²) in [6.07, 6.45) is 9.68. The van der Waals surface area contributed by atoms with Gasteiger partial charge >= 0.3 is 6.03 Å². The van der Waals surface area contributed by atoms with Crippen molar-refractivity contribution < 1.29 is 4.79 Å². The van der Waals surface area contributed by atoms with Crippen LogP contribution in [0.5, 0.6) is 0 Å². The average molecular weight is 356 g/mol. The van der Waals surface area contributed by atoms with Gasteiger partial charge in [-0.05, 0) is 60.2 Å². The third-order valence-electron chi connectivity index (χ3n) is 3.23. The van der Waals surface area contributed by atoms with Crippen LogP contribution in [0.3, 0.4) is 0 Å². The number of hydrogen-bond donors (Lipinski definition) is 2. The van der Waals surface area contributed by atoms with Crippen molar-refractivity contribution in [2.75, 3.05) is 11.9 Å². The molecule has 0 aromatic carbocycles. The van der Waals surface area contributed by atoms with Crippen molar-refractivity contribution in [3.05, 3.63) is 34.5 Å². The number of amides is 2. The number of pyridine rings is 1. The first-order chi connectivity index (χ1) is 9.65. The lowest BCUT2D eigenvalue weighted by Crippen LogP contribution is -2.28. The van der Waals surface area contributed by atoms with Gasteiger partial charge < -0.3 is 0 Å². The lowest BCUT2D eigenvalue weighted by molar-refractivity contribution is 0.239. The lowest BCUT2D eigenvalue weighted by Gasteiger charge is -2.18. The van der Waals surface area contributed by atoms with Crippen LogP contribution >= 0.6 is 28.7 Å². The standard InChI is InChI=1S/C14H18BrN3OS/c15-12-6-7-13(16-10-12)17-14(19)18(20)9-8-11-4-2-1-3-5-11/h4,6-7,10,20H,1-3,5,8-9H2,(H,16,17,19). The van der Waals surface area contributed by atoms with Crippen LogP contribution in [0.15, 0.2) is 34.5 Å². The highest BCUT2D eigenvalue weighted by molar-refractivity contribution is 9.10. The number of nitrogens with zero attached hydrogens (tertiary/aromatic N) is 2. The van der Waals surface area contributed by atoms with E-state index >= 15 is 0 Å². The quantitative estimate of drug-likeness (QED) is 0.620. The monoisotopic (exact) mass is 355 g/mol. The molecular weight excluding hydrogens is 338 g/mol. The molecule has 4 nitrogen and oxygen atoms in total. The van der Waals surface area contributed by atoms with E-state index in [9.17, 15) is 4.79 Å². The van der Waals surface area contributed by atoms with Crippen LogP contribution in [0.2, 0.25) is 0 Å². The molecule has 0 saturated carbocycles. The Morgan fingerprint density at radius 2 is 2.30 bits per heavy atom. The number of rotatable bonds is 4. The number of allylic oxidation sites excluding steroid dienone is 1. The third kappa shape index (κ3) is 4.83. The van der Waals surface area contributed by atoms with E-state index in [2.05, 4.69) is 45.1 Å². The predicted molar refractivity (Wildman–Crippen MR) is 87.8 cm³/mol. The minimum Gasteiger partial charge on any atom is -0.291 e. The average Bonchev–Trinajstić information content (AvgIpc) is 2.48. The summed E-state index contributed by atoms with van der Waals surface area (Å²) in [6, 6.07) is 3.32. The van der Waals surface area contributed by atoms with Crippen LogP contribution in [0.4, 0.5) is 10.6 Å². The molecule has 1 N–H and O–H groups in total. The van der Waals surface area contributed by atoms with E-state index < -0.39 is 0 Å². The maximum Gasteiger partial charge on any atom is 0.332 e. The second-order valence-corrected chi connectivity index (χ2v) is 6.17. The molecule has 1 aromatic rings. The Morgan fingerprint density at radius 1 is 1.45 bits per heavy atom. The second kappa shape index (κ2) is 7.69. The lowest BCUT2D eigenvalue weighted by atomic mass is 9.97. The Morgan fingerprint density at radius 3 is 2.95 bits per heavy atom. The first kappa shape index (κ1) is 15.4. The number of halogens is 1. The first-order valence-corrected chi connectivity index (χ1v) is 7.91. The molecule has 0 bridgehead atoms. The molecule has 1 aromatic heterocycles. The first-order valence-electron chi connectivity index (χ1n) is 6.72. The van der Waals surface area contributed by atoms with Crippen molar-refractivity contribution in [2.24, 2.45) is 0 Å². The van der Waals surface area contributed by atoms with Gasteiger partial charge in [0.1, 0.15) is 5.82 Å². The van der Waals surface area contributed by atoms with E-state index in [1.165, 1.54) is 22.7 Å². The topological polar surface area (TPSA) is 45.2 Å². The largest absolute Gasteiger partial charge is 0.332 e. The van der Waals surface area contributed by atoms with Crippen molar-refractivity contribution in [3.63, 3.8) is 0 Å². The molecule has 1 aliphatic carbocycles. The van der Waals surface area contributed by atoms with Gasteiger partial charge in [-0.15, -0.1) is 0 Å². The number of carbonyl (C=O) groups is 1. The van der Waals surface area contributed by atoms with Gasteiger partial charge in [0.2, 0.25) is 0 Å². The highest BCUT2D eigenvalue weighted by Crippen LogP contribution is 2.20. The third-order valence-corrected chi connectivity index (χ3v) is 4.08. The zero-order chi connectivity index (χ0) is 14.4. The van der Waals surface area contributed by atoms with Gasteiger partial charge in [-0.2, -0.15) is 0 Å². The van der Waals surface area contributed by atoms with E-state index in [0.29, 0.717) is 12.4 Å². The number of hydrogen-bond acceptors (Lipinski definition) is 3. The molecule has 6 heteroatoms. The number of thiol groups is 1. The normalized spacial score (nSPS) is 14.6. The van der Waals surface area contributed by atoms with Crippen LogP contribution in [-0.4, -0.2) is 21.9 Å². The summed E-state index contributed by atoms with van der Waals surface area (Å²) in [5, 5.41) is 2.72. The van der Waals surface area contributed by atoms with E-state index in [1.807, 2.05) is 6.07 Å². The van der Waals surface area contributed by atoms with Gasteiger partial charge in [-0.25, -0.2) is 9.78 Å². The van der Waals surface area contributed by atoms with E-state index in [4.69, 9.17) is 0 Å². The molecule has 2 amide bonds. The smallest absolute Gasteiger partial charge is 0.291 e. The molecule has 0 radical (unpaired) electrons. The Labute approximate surface area is 133 Å². The molecule has 0 atom stereocenters. The summed E-state index contributed by atoms with van der Waals surface area (Å²) < 4.78 is 2.28. The minimum absolute atomic E-state index is 0.250. The zero-order valence-electron chi connectivity index (χ0n) is 11.2. The molecule has 108 valence electrons. The Hall–Kier alpha value is -1.01. The minimum atomic E-state index is -0.250. The van der Waals surface area contributed by atoms with E-state index in [1.54, 1.807) is 12.3 Å². The van der Waals surface area contributed by atoms with Gasteiger partial charge in [0.15, 0.2) is 0 Å². The van der Waals surface area contributed by atoms with Gasteiger partial charge in [-0.1, -0.05) is 24.5 Å². The molecule has 0 unspecified atom stereocenters. The maximum absolute atomic E-state index is 11.9. The Balaban J connectivity index is 1.79. The van der Waals surface area contributed by atoms with E-state index in [0.717, 1.165) is 23.7 Å². The Kier molecular flexibility index (Phi) is 5.91. The highest BCUT2D eigenvalue weighted by Gasteiger charge is 2.12. The Bertz CT molecular complexity index is 490. The molecule has 0 aliphatic heterocycles. The number of nitrogens with one attached hydrogen (secondary N) is 1. The fourth-order valence-corrected chi connectivity index (χ4v) is 2.49.